The first-order chi connectivity index (χ1) is 23.6. The molecule has 3 atom stereocenters. The summed E-state index contributed by atoms with van der Waals surface area (Å²) < 4.78 is 22.6. The number of anilines is 2. The summed E-state index contributed by atoms with van der Waals surface area (Å²) in [6.07, 6.45) is 1.74. The summed E-state index contributed by atoms with van der Waals surface area (Å²) in [5, 5.41) is 16.0. The third kappa shape index (κ3) is 7.15. The van der Waals surface area contributed by atoms with Crippen LogP contribution in [0.4, 0.5) is 11.6 Å². The molecular weight excluding hydrogens is 628 g/mol. The van der Waals surface area contributed by atoms with Gasteiger partial charge in [0.15, 0.2) is 17.3 Å². The lowest BCUT2D eigenvalue weighted by molar-refractivity contribution is -0.120. The van der Waals surface area contributed by atoms with E-state index in [0.29, 0.717) is 64.8 Å². The minimum atomic E-state index is -0.814. The lowest BCUT2D eigenvalue weighted by atomic mass is 9.95. The summed E-state index contributed by atoms with van der Waals surface area (Å²) in [6, 6.07) is 12.9. The highest BCUT2D eigenvalue weighted by Gasteiger charge is 2.31. The third-order valence-electron chi connectivity index (χ3n) is 8.80. The molecule has 0 radical (unpaired) electrons. The summed E-state index contributed by atoms with van der Waals surface area (Å²) in [5.41, 5.74) is 3.49. The molecule has 0 spiro atoms. The third-order valence-corrected chi connectivity index (χ3v) is 8.80. The van der Waals surface area contributed by atoms with Gasteiger partial charge in [-0.3, -0.25) is 24.8 Å². The van der Waals surface area contributed by atoms with E-state index in [1.54, 1.807) is 33.5 Å². The summed E-state index contributed by atoms with van der Waals surface area (Å²) >= 11 is 0. The van der Waals surface area contributed by atoms with Crippen molar-refractivity contribution in [3.63, 3.8) is 0 Å². The first-order valence-corrected chi connectivity index (χ1v) is 16.0. The Bertz CT molecular complexity index is 1910. The summed E-state index contributed by atoms with van der Waals surface area (Å²) in [4.78, 5) is 44.5. The number of hydrogen-bond acceptors (Lipinski definition) is 10. The predicted molar refractivity (Wildman–Crippen MR) is 187 cm³/mol. The number of aryl methyl sites for hydroxylation is 1. The van der Waals surface area contributed by atoms with E-state index in [9.17, 15) is 14.4 Å². The summed E-state index contributed by atoms with van der Waals surface area (Å²) in [7, 11) is 6.20. The van der Waals surface area contributed by atoms with Crippen molar-refractivity contribution in [2.24, 2.45) is 5.92 Å². The van der Waals surface area contributed by atoms with Crippen LogP contribution in [0.5, 0.6) is 23.0 Å². The van der Waals surface area contributed by atoms with E-state index in [4.69, 9.17) is 18.9 Å². The van der Waals surface area contributed by atoms with Crippen LogP contribution in [0.25, 0.3) is 22.5 Å². The molecule has 0 unspecified atom stereocenters. The summed E-state index contributed by atoms with van der Waals surface area (Å²) in [5.74, 6) is 1.67. The van der Waals surface area contributed by atoms with Crippen LogP contribution in [0.1, 0.15) is 50.8 Å². The SMILES string of the molecule is CC[C@@H](C)[C@H](Nc1ccc2c(cc1=O)[C@@H](NC(C)=O)CCc1cc(OC)c(OC)c(OC)c1-2)C(=O)Nc1n[nH]c(-c2ccccc2OC)n1. The van der Waals surface area contributed by atoms with Gasteiger partial charge in [0.05, 0.1) is 45.7 Å². The molecule has 2 amide bonds. The van der Waals surface area contributed by atoms with E-state index >= 15 is 0 Å². The smallest absolute Gasteiger partial charge is 0.249 e. The van der Waals surface area contributed by atoms with Crippen LogP contribution in [0.3, 0.4) is 0 Å². The number of aromatic amines is 1. The molecule has 3 aromatic carbocycles. The Morgan fingerprint density at radius 3 is 2.37 bits per heavy atom. The van der Waals surface area contributed by atoms with Crippen molar-refractivity contribution in [3.8, 4) is 45.5 Å². The number of methoxy groups -OCH3 is 4. The zero-order valence-electron chi connectivity index (χ0n) is 28.7. The van der Waals surface area contributed by atoms with Gasteiger partial charge < -0.3 is 29.6 Å². The van der Waals surface area contributed by atoms with Crippen LogP contribution in [0, 0.1) is 5.92 Å². The van der Waals surface area contributed by atoms with Gasteiger partial charge in [-0.05, 0) is 65.8 Å². The van der Waals surface area contributed by atoms with Crippen molar-refractivity contribution in [2.45, 2.75) is 52.1 Å². The molecule has 4 aromatic rings. The molecule has 0 aliphatic heterocycles. The van der Waals surface area contributed by atoms with Crippen molar-refractivity contribution in [1.82, 2.24) is 20.5 Å². The van der Waals surface area contributed by atoms with Gasteiger partial charge in [0, 0.05) is 12.5 Å². The largest absolute Gasteiger partial charge is 0.496 e. The number of carbonyl (C=O) groups excluding carboxylic acids is 2. The number of fused-ring (bicyclic) bond motifs is 3. The number of hydrogen-bond donors (Lipinski definition) is 4. The molecule has 1 aromatic heterocycles. The zero-order valence-corrected chi connectivity index (χ0v) is 28.7. The number of nitrogens with one attached hydrogen (secondary N) is 4. The second kappa shape index (κ2) is 15.1. The lowest BCUT2D eigenvalue weighted by Gasteiger charge is -2.23. The molecular formula is C36H42N6O7. The number of para-hydroxylation sites is 1. The van der Waals surface area contributed by atoms with Crippen molar-refractivity contribution in [1.29, 1.82) is 0 Å². The van der Waals surface area contributed by atoms with E-state index in [0.717, 1.165) is 11.1 Å². The van der Waals surface area contributed by atoms with Crippen molar-refractivity contribution < 1.29 is 28.5 Å². The first-order valence-electron chi connectivity index (χ1n) is 16.0. The van der Waals surface area contributed by atoms with Gasteiger partial charge in [0.25, 0.3) is 0 Å². The maximum Gasteiger partial charge on any atom is 0.249 e. The van der Waals surface area contributed by atoms with E-state index in [1.807, 2.05) is 44.2 Å². The molecule has 0 bridgehead atoms. The van der Waals surface area contributed by atoms with Crippen molar-refractivity contribution in [3.05, 3.63) is 69.9 Å². The van der Waals surface area contributed by atoms with Crippen LogP contribution in [-0.4, -0.2) is 61.5 Å². The van der Waals surface area contributed by atoms with Crippen LogP contribution in [0.15, 0.2) is 53.3 Å². The number of ether oxygens (including phenoxy) is 4. The number of benzene rings is 2. The molecule has 258 valence electrons. The Kier molecular flexibility index (Phi) is 10.7. The monoisotopic (exact) mass is 670 g/mol. The number of carbonyl (C=O) groups is 2. The molecule has 1 aliphatic carbocycles. The van der Waals surface area contributed by atoms with Crippen LogP contribution < -0.4 is 40.3 Å². The quantitative estimate of drug-likeness (QED) is 0.159. The maximum atomic E-state index is 13.9. The molecule has 5 rings (SSSR count). The second-order valence-corrected chi connectivity index (χ2v) is 11.8. The minimum absolute atomic E-state index is 0.0833. The Hall–Kier alpha value is -5.59. The average molecular weight is 671 g/mol. The summed E-state index contributed by atoms with van der Waals surface area (Å²) in [6.45, 7) is 5.33. The number of nitrogens with zero attached hydrogens (tertiary/aromatic N) is 2. The number of amides is 2. The van der Waals surface area contributed by atoms with Crippen LogP contribution in [-0.2, 0) is 16.0 Å². The predicted octanol–water partition coefficient (Wildman–Crippen LogP) is 5.12. The molecule has 1 aliphatic rings. The molecule has 1 heterocycles. The highest BCUT2D eigenvalue weighted by atomic mass is 16.5. The van der Waals surface area contributed by atoms with E-state index in [2.05, 4.69) is 31.1 Å². The highest BCUT2D eigenvalue weighted by Crippen LogP contribution is 2.50. The van der Waals surface area contributed by atoms with E-state index in [-0.39, 0.29) is 28.9 Å². The fourth-order valence-electron chi connectivity index (χ4n) is 6.16. The lowest BCUT2D eigenvalue weighted by Crippen LogP contribution is -2.41. The van der Waals surface area contributed by atoms with Gasteiger partial charge in [-0.25, -0.2) is 0 Å². The standard InChI is InChI=1S/C36H42N6O7/c1-8-19(2)31(35(45)40-36-39-34(41-42-36)23-11-9-10-12-28(23)46-4)38-26-16-14-22-24(18-27(26)44)25(37-20(3)43)15-13-21-17-29(47-5)32(48-6)33(49-7)30(21)22/h9-12,14,16-19,25,31H,8,13,15H2,1-7H3,(H,37,43)(H,38,44)(H2,39,40,41,42,45)/t19-,25+,31+/m1/s1. The first kappa shape index (κ1) is 34.7. The Morgan fingerprint density at radius 2 is 1.69 bits per heavy atom. The normalized spacial score (nSPS) is 14.6. The molecule has 0 saturated carbocycles. The fourth-order valence-corrected chi connectivity index (χ4v) is 6.16. The van der Waals surface area contributed by atoms with Crippen LogP contribution in [0.2, 0.25) is 0 Å². The minimum Gasteiger partial charge on any atom is -0.496 e. The molecule has 13 heteroatoms. The topological polar surface area (TPSA) is 166 Å². The van der Waals surface area contributed by atoms with Gasteiger partial charge in [-0.2, -0.15) is 4.98 Å². The second-order valence-electron chi connectivity index (χ2n) is 11.8. The van der Waals surface area contributed by atoms with Gasteiger partial charge in [-0.1, -0.05) is 38.5 Å². The van der Waals surface area contributed by atoms with Gasteiger partial charge in [0.2, 0.25) is 28.9 Å². The number of H-pyrrole nitrogens is 1. The molecule has 0 saturated heterocycles. The van der Waals surface area contributed by atoms with Crippen molar-refractivity contribution in [2.75, 3.05) is 39.1 Å². The fraction of sp³-hybridized carbons (Fsp3) is 0.361. The highest BCUT2D eigenvalue weighted by molar-refractivity contribution is 5.95. The van der Waals surface area contributed by atoms with E-state index in [1.165, 1.54) is 20.1 Å². The van der Waals surface area contributed by atoms with Gasteiger partial charge >= 0.3 is 0 Å². The zero-order chi connectivity index (χ0) is 35.2. The molecule has 13 nitrogen and oxygen atoms in total. The Labute approximate surface area is 284 Å². The molecule has 49 heavy (non-hydrogen) atoms. The van der Waals surface area contributed by atoms with Crippen LogP contribution >= 0.6 is 0 Å². The van der Waals surface area contributed by atoms with Gasteiger partial charge in [0.1, 0.15) is 11.8 Å². The van der Waals surface area contributed by atoms with Gasteiger partial charge in [-0.15, -0.1) is 5.10 Å². The number of aromatic nitrogens is 3. The Balaban J connectivity index is 1.55. The molecule has 0 fully saturated rings. The maximum absolute atomic E-state index is 13.9. The average Bonchev–Trinajstić information content (AvgIpc) is 3.44. The molecule has 4 N–H and O–H groups in total. The van der Waals surface area contributed by atoms with Crippen molar-refractivity contribution >= 4 is 23.5 Å². The Morgan fingerprint density at radius 1 is 0.959 bits per heavy atom. The number of rotatable bonds is 12. The van der Waals surface area contributed by atoms with E-state index < -0.39 is 18.0 Å².